The summed E-state index contributed by atoms with van der Waals surface area (Å²) >= 11 is 0. The zero-order valence-electron chi connectivity index (χ0n) is 12.7. The molecule has 0 radical (unpaired) electrons. The maximum absolute atomic E-state index is 12.2. The van der Waals surface area contributed by atoms with Crippen LogP contribution >= 0.6 is 0 Å². The summed E-state index contributed by atoms with van der Waals surface area (Å²) in [4.78, 5) is 12.2. The first kappa shape index (κ1) is 14.9. The molecule has 0 bridgehead atoms. The van der Waals surface area contributed by atoms with Gasteiger partial charge in [-0.15, -0.1) is 0 Å². The molecule has 20 heavy (non-hydrogen) atoms. The third-order valence-corrected chi connectivity index (χ3v) is 4.20. The molecule has 1 saturated carbocycles. The lowest BCUT2D eigenvalue weighted by Crippen LogP contribution is -2.10. The Balaban J connectivity index is 2.49. The van der Waals surface area contributed by atoms with E-state index in [1.165, 1.54) is 32.1 Å². The van der Waals surface area contributed by atoms with Crippen LogP contribution in [0.4, 0.5) is 0 Å². The lowest BCUT2D eigenvalue weighted by Gasteiger charge is -2.25. The Hall–Kier alpha value is -1.51. The quantitative estimate of drug-likeness (QED) is 0.750. The van der Waals surface area contributed by atoms with Crippen molar-refractivity contribution in [1.29, 1.82) is 0 Å². The molecule has 110 valence electrons. The molecule has 0 unspecified atom stereocenters. The molecule has 0 atom stereocenters. The van der Waals surface area contributed by atoms with Crippen LogP contribution in [-0.4, -0.2) is 20.0 Å². The van der Waals surface area contributed by atoms with E-state index in [2.05, 4.69) is 0 Å². The number of carbonyl (C=O) groups is 1. The minimum absolute atomic E-state index is 0.109. The van der Waals surface area contributed by atoms with Gasteiger partial charge in [-0.1, -0.05) is 26.2 Å². The Morgan fingerprint density at radius 2 is 1.85 bits per heavy atom. The van der Waals surface area contributed by atoms with Gasteiger partial charge in [0.1, 0.15) is 11.5 Å². The Morgan fingerprint density at radius 3 is 2.40 bits per heavy atom. The summed E-state index contributed by atoms with van der Waals surface area (Å²) in [5.41, 5.74) is 1.80. The van der Waals surface area contributed by atoms with Gasteiger partial charge in [0, 0.05) is 12.0 Å². The highest BCUT2D eigenvalue weighted by Gasteiger charge is 2.24. The number of benzene rings is 1. The monoisotopic (exact) mass is 276 g/mol. The second-order valence-corrected chi connectivity index (χ2v) is 5.41. The van der Waals surface area contributed by atoms with E-state index in [9.17, 15) is 4.79 Å². The van der Waals surface area contributed by atoms with E-state index in [1.807, 2.05) is 13.0 Å². The first-order chi connectivity index (χ1) is 9.71. The molecule has 0 saturated heterocycles. The Morgan fingerprint density at radius 1 is 1.15 bits per heavy atom. The molecule has 1 aromatic rings. The van der Waals surface area contributed by atoms with Gasteiger partial charge in [0.2, 0.25) is 0 Å². The van der Waals surface area contributed by atoms with Crippen LogP contribution in [0.3, 0.4) is 0 Å². The Kier molecular flexibility index (Phi) is 5.05. The number of hydrogen-bond donors (Lipinski definition) is 0. The van der Waals surface area contributed by atoms with E-state index in [4.69, 9.17) is 9.47 Å². The van der Waals surface area contributed by atoms with Gasteiger partial charge in [-0.05, 0) is 30.9 Å². The smallest absolute Gasteiger partial charge is 0.166 e. The second kappa shape index (κ2) is 6.78. The summed E-state index contributed by atoms with van der Waals surface area (Å²) < 4.78 is 10.9. The van der Waals surface area contributed by atoms with Crippen LogP contribution in [0.2, 0.25) is 0 Å². The lowest BCUT2D eigenvalue weighted by molar-refractivity contribution is 0.0984. The van der Waals surface area contributed by atoms with Crippen LogP contribution in [0.1, 0.15) is 67.3 Å². The topological polar surface area (TPSA) is 35.5 Å². The molecule has 3 nitrogen and oxygen atoms in total. The molecule has 0 amide bonds. The fourth-order valence-corrected chi connectivity index (χ4v) is 3.08. The van der Waals surface area contributed by atoms with Gasteiger partial charge in [0.05, 0.1) is 19.8 Å². The van der Waals surface area contributed by atoms with Gasteiger partial charge in [0.15, 0.2) is 5.78 Å². The number of rotatable bonds is 5. The van der Waals surface area contributed by atoms with E-state index in [1.54, 1.807) is 20.3 Å². The summed E-state index contributed by atoms with van der Waals surface area (Å²) in [6, 6.07) is 3.85. The van der Waals surface area contributed by atoms with Crippen LogP contribution in [-0.2, 0) is 0 Å². The van der Waals surface area contributed by atoms with E-state index in [-0.39, 0.29) is 5.78 Å². The van der Waals surface area contributed by atoms with Crippen molar-refractivity contribution in [3.05, 3.63) is 23.3 Å². The van der Waals surface area contributed by atoms with Crippen molar-refractivity contribution in [2.24, 2.45) is 0 Å². The average Bonchev–Trinajstić information content (AvgIpc) is 2.53. The van der Waals surface area contributed by atoms with E-state index in [0.717, 1.165) is 17.1 Å². The highest BCUT2D eigenvalue weighted by atomic mass is 16.5. The van der Waals surface area contributed by atoms with Crippen molar-refractivity contribution < 1.29 is 14.3 Å². The van der Waals surface area contributed by atoms with Gasteiger partial charge >= 0.3 is 0 Å². The highest BCUT2D eigenvalue weighted by Crippen LogP contribution is 2.41. The zero-order chi connectivity index (χ0) is 14.5. The molecule has 1 aliphatic rings. The van der Waals surface area contributed by atoms with E-state index in [0.29, 0.717) is 17.9 Å². The fourth-order valence-electron chi connectivity index (χ4n) is 3.08. The minimum atomic E-state index is 0.109. The molecule has 1 fully saturated rings. The average molecular weight is 276 g/mol. The normalized spacial score (nSPS) is 15.9. The lowest BCUT2D eigenvalue weighted by atomic mass is 9.82. The van der Waals surface area contributed by atoms with Gasteiger partial charge in [-0.25, -0.2) is 0 Å². The number of ketones is 1. The summed E-state index contributed by atoms with van der Waals surface area (Å²) in [7, 11) is 3.30. The van der Waals surface area contributed by atoms with Gasteiger partial charge in [-0.2, -0.15) is 0 Å². The van der Waals surface area contributed by atoms with Crippen LogP contribution in [0.15, 0.2) is 12.1 Å². The second-order valence-electron chi connectivity index (χ2n) is 5.41. The van der Waals surface area contributed by atoms with Gasteiger partial charge in [0.25, 0.3) is 0 Å². The van der Waals surface area contributed by atoms with E-state index >= 15 is 0 Å². The number of Topliss-reactive ketones (excluding diaryl/α,β-unsaturated/α-hetero) is 1. The first-order valence-corrected chi connectivity index (χ1v) is 7.50. The van der Waals surface area contributed by atoms with Crippen molar-refractivity contribution in [3.63, 3.8) is 0 Å². The standard InChI is InChI=1S/C17H24O3/c1-4-16(18)15-11-13(19-2)10-14(17(15)20-3)12-8-6-5-7-9-12/h10-12H,4-9H2,1-3H3. The summed E-state index contributed by atoms with van der Waals surface area (Å²) in [6.07, 6.45) is 6.63. The van der Waals surface area contributed by atoms with Crippen LogP contribution in [0, 0.1) is 0 Å². The largest absolute Gasteiger partial charge is 0.497 e. The zero-order valence-corrected chi connectivity index (χ0v) is 12.7. The summed E-state index contributed by atoms with van der Waals surface area (Å²) in [5, 5.41) is 0. The molecule has 3 heteroatoms. The molecular weight excluding hydrogens is 252 g/mol. The van der Waals surface area contributed by atoms with Crippen molar-refractivity contribution in [2.75, 3.05) is 14.2 Å². The van der Waals surface area contributed by atoms with Crippen molar-refractivity contribution >= 4 is 5.78 Å². The van der Waals surface area contributed by atoms with Crippen molar-refractivity contribution in [1.82, 2.24) is 0 Å². The predicted molar refractivity (Wildman–Crippen MR) is 80.0 cm³/mol. The summed E-state index contributed by atoms with van der Waals surface area (Å²) in [6.45, 7) is 1.88. The molecule has 0 aromatic heterocycles. The molecular formula is C17H24O3. The van der Waals surface area contributed by atoms with E-state index < -0.39 is 0 Å². The Labute approximate surface area is 121 Å². The molecule has 1 aliphatic carbocycles. The number of hydrogen-bond acceptors (Lipinski definition) is 3. The fraction of sp³-hybridized carbons (Fsp3) is 0.588. The minimum Gasteiger partial charge on any atom is -0.497 e. The van der Waals surface area contributed by atoms with Crippen LogP contribution in [0.5, 0.6) is 11.5 Å². The molecule has 0 N–H and O–H groups in total. The SMILES string of the molecule is CCC(=O)c1cc(OC)cc(C2CCCCC2)c1OC. The van der Waals surface area contributed by atoms with Crippen LogP contribution in [0.25, 0.3) is 0 Å². The molecule has 0 spiro atoms. The van der Waals surface area contributed by atoms with Gasteiger partial charge < -0.3 is 9.47 Å². The first-order valence-electron chi connectivity index (χ1n) is 7.50. The Bertz CT molecular complexity index is 473. The number of carbonyl (C=O) groups excluding carboxylic acids is 1. The summed E-state index contributed by atoms with van der Waals surface area (Å²) in [5.74, 6) is 2.10. The predicted octanol–water partition coefficient (Wildman–Crippen LogP) is 4.34. The maximum atomic E-state index is 12.2. The third kappa shape index (κ3) is 2.97. The van der Waals surface area contributed by atoms with Crippen molar-refractivity contribution in [2.45, 2.75) is 51.4 Å². The maximum Gasteiger partial charge on any atom is 0.166 e. The van der Waals surface area contributed by atoms with Crippen molar-refractivity contribution in [3.8, 4) is 11.5 Å². The van der Waals surface area contributed by atoms with Gasteiger partial charge in [-0.3, -0.25) is 4.79 Å². The highest BCUT2D eigenvalue weighted by molar-refractivity contribution is 5.99. The number of ether oxygens (including phenoxy) is 2. The number of methoxy groups -OCH3 is 2. The molecule has 2 rings (SSSR count). The molecule has 0 aliphatic heterocycles. The molecule has 0 heterocycles. The third-order valence-electron chi connectivity index (χ3n) is 4.20. The molecule has 1 aromatic carbocycles. The van der Waals surface area contributed by atoms with Crippen LogP contribution < -0.4 is 9.47 Å².